The molecule has 0 amide bonds. The van der Waals surface area contributed by atoms with Crippen LogP contribution in [0.2, 0.25) is 0 Å². The number of alkyl halides is 1. The van der Waals surface area contributed by atoms with Crippen molar-refractivity contribution in [1.29, 1.82) is 0 Å². The summed E-state index contributed by atoms with van der Waals surface area (Å²) in [5, 5.41) is 0. The molecule has 0 saturated heterocycles. The summed E-state index contributed by atoms with van der Waals surface area (Å²) in [5.41, 5.74) is 0. The first kappa shape index (κ1) is 9.44. The van der Waals surface area contributed by atoms with Crippen molar-refractivity contribution < 1.29 is 4.79 Å². The summed E-state index contributed by atoms with van der Waals surface area (Å²) in [7, 11) is 0. The molecule has 3 heteroatoms. The molecule has 0 radical (unpaired) electrons. The predicted molar refractivity (Wildman–Crippen MR) is 43.1 cm³/mol. The van der Waals surface area contributed by atoms with Gasteiger partial charge in [0.25, 0.3) is 0 Å². The molecule has 0 aliphatic heterocycles. The summed E-state index contributed by atoms with van der Waals surface area (Å²) in [6.07, 6.45) is 3.66. The van der Waals surface area contributed by atoms with Crippen LogP contribution in [0.4, 0.5) is 0 Å². The Kier molecular flexibility index (Phi) is 6.88. The van der Waals surface area contributed by atoms with Gasteiger partial charge in [0.15, 0.2) is 4.69 Å². The van der Waals surface area contributed by atoms with E-state index in [2.05, 4.69) is 15.9 Å². The van der Waals surface area contributed by atoms with Gasteiger partial charge in [0, 0.05) is 12.3 Å². The summed E-state index contributed by atoms with van der Waals surface area (Å²) >= 11 is 8.27. The Morgan fingerprint density at radius 3 is 2.44 bits per heavy atom. The lowest BCUT2D eigenvalue weighted by molar-refractivity contribution is -0.110. The normalized spacial score (nSPS) is 9.56. The van der Waals surface area contributed by atoms with Crippen LogP contribution in [0.1, 0.15) is 25.7 Å². The number of rotatable bonds is 5. The molecule has 0 rings (SSSR count). The number of carbonyl (C=O) groups is 1. The van der Waals surface area contributed by atoms with E-state index in [0.29, 0.717) is 12.3 Å². The molecule has 0 bridgehead atoms. The third-order valence-electron chi connectivity index (χ3n) is 1.01. The van der Waals surface area contributed by atoms with Crippen molar-refractivity contribution in [3.63, 3.8) is 0 Å². The third-order valence-corrected chi connectivity index (χ3v) is 1.67. The highest BCUT2D eigenvalue weighted by Gasteiger charge is 1.93. The molecule has 54 valence electrons. The number of hydrogen-bond acceptors (Lipinski definition) is 1. The average molecular weight is 214 g/mol. The topological polar surface area (TPSA) is 17.1 Å². The molecule has 9 heavy (non-hydrogen) atoms. The lowest BCUT2D eigenvalue weighted by atomic mass is 10.2. The number of unbranched alkanes of at least 4 members (excludes halogenated alkanes) is 2. The molecular formula is C6H10BrClO. The van der Waals surface area contributed by atoms with Crippen LogP contribution in [0, 0.1) is 0 Å². The maximum atomic E-state index is 10.3. The van der Waals surface area contributed by atoms with E-state index in [1.165, 1.54) is 0 Å². The monoisotopic (exact) mass is 212 g/mol. The predicted octanol–water partition coefficient (Wildman–Crippen LogP) is 2.71. The largest absolute Gasteiger partial charge is 0.287 e. The Bertz CT molecular complexity index is 85.1. The minimum absolute atomic E-state index is 0.0945. The molecule has 0 heterocycles. The van der Waals surface area contributed by atoms with Gasteiger partial charge in [-0.3, -0.25) is 4.79 Å². The average Bonchev–Trinajstić information content (AvgIpc) is 1.80. The molecule has 0 aliphatic rings. The molecule has 0 aromatic heterocycles. The zero-order valence-electron chi connectivity index (χ0n) is 5.20. The zero-order chi connectivity index (χ0) is 7.11. The van der Waals surface area contributed by atoms with E-state index in [1.807, 2.05) is 0 Å². The van der Waals surface area contributed by atoms with Crippen LogP contribution in [-0.2, 0) is 4.79 Å². The molecule has 0 aromatic carbocycles. The summed E-state index contributed by atoms with van der Waals surface area (Å²) in [6, 6.07) is 0. The van der Waals surface area contributed by atoms with Crippen molar-refractivity contribution in [3.05, 3.63) is 0 Å². The fraction of sp³-hybridized carbons (Fsp3) is 0.833. The van der Waals surface area contributed by atoms with Gasteiger partial charge < -0.3 is 0 Å². The van der Waals surface area contributed by atoms with Gasteiger partial charge in [0.2, 0.25) is 0 Å². The highest BCUT2D eigenvalue weighted by atomic mass is 79.9. The SMILES string of the molecule is O=C(Br)CCCCCCl. The second kappa shape index (κ2) is 6.56. The summed E-state index contributed by atoms with van der Waals surface area (Å²) in [6.45, 7) is 0. The van der Waals surface area contributed by atoms with Gasteiger partial charge in [0.1, 0.15) is 0 Å². The molecule has 0 aromatic rings. The van der Waals surface area contributed by atoms with E-state index in [-0.39, 0.29) is 4.69 Å². The summed E-state index contributed by atoms with van der Waals surface area (Å²) < 4.78 is 0.0945. The van der Waals surface area contributed by atoms with Crippen LogP contribution in [0.3, 0.4) is 0 Å². The third kappa shape index (κ3) is 8.44. The van der Waals surface area contributed by atoms with Crippen molar-refractivity contribution in [2.24, 2.45) is 0 Å². The van der Waals surface area contributed by atoms with Crippen molar-refractivity contribution in [2.75, 3.05) is 5.88 Å². The Balaban J connectivity index is 2.83. The Morgan fingerprint density at radius 1 is 1.33 bits per heavy atom. The van der Waals surface area contributed by atoms with Crippen molar-refractivity contribution in [1.82, 2.24) is 0 Å². The summed E-state index contributed by atoms with van der Waals surface area (Å²) in [4.78, 5) is 10.3. The van der Waals surface area contributed by atoms with Gasteiger partial charge in [0.05, 0.1) is 0 Å². The molecule has 0 atom stereocenters. The Labute approximate surface area is 68.9 Å². The lowest BCUT2D eigenvalue weighted by Crippen LogP contribution is -1.85. The molecule has 0 unspecified atom stereocenters. The van der Waals surface area contributed by atoms with Gasteiger partial charge in [-0.05, 0) is 28.8 Å². The van der Waals surface area contributed by atoms with Gasteiger partial charge in [-0.1, -0.05) is 6.42 Å². The van der Waals surface area contributed by atoms with Crippen LogP contribution < -0.4 is 0 Å². The van der Waals surface area contributed by atoms with Crippen LogP contribution >= 0.6 is 27.5 Å². The molecular weight excluding hydrogens is 203 g/mol. The first-order valence-electron chi connectivity index (χ1n) is 3.01. The Morgan fingerprint density at radius 2 is 2.00 bits per heavy atom. The molecule has 0 fully saturated rings. The second-order valence-corrected chi connectivity index (χ2v) is 3.12. The second-order valence-electron chi connectivity index (χ2n) is 1.85. The number of halogens is 2. The lowest BCUT2D eigenvalue weighted by Gasteiger charge is -1.92. The first-order valence-corrected chi connectivity index (χ1v) is 4.34. The highest BCUT2D eigenvalue weighted by molar-refractivity contribution is 9.18. The van der Waals surface area contributed by atoms with Crippen LogP contribution in [-0.4, -0.2) is 10.6 Å². The fourth-order valence-corrected chi connectivity index (χ4v) is 1.00. The number of hydrogen-bond donors (Lipinski definition) is 0. The van der Waals surface area contributed by atoms with Crippen LogP contribution in [0.5, 0.6) is 0 Å². The van der Waals surface area contributed by atoms with Gasteiger partial charge in [-0.15, -0.1) is 11.6 Å². The fourth-order valence-electron chi connectivity index (χ4n) is 0.535. The summed E-state index contributed by atoms with van der Waals surface area (Å²) in [5.74, 6) is 0.705. The standard InChI is InChI=1S/C6H10BrClO/c7-6(9)4-2-1-3-5-8/h1-5H2. The Hall–Kier alpha value is 0.440. The minimum atomic E-state index is 0.0945. The van der Waals surface area contributed by atoms with Crippen molar-refractivity contribution in [3.8, 4) is 0 Å². The first-order chi connectivity index (χ1) is 4.27. The smallest absolute Gasteiger partial charge is 0.197 e. The quantitative estimate of drug-likeness (QED) is 0.390. The van der Waals surface area contributed by atoms with Crippen molar-refractivity contribution in [2.45, 2.75) is 25.7 Å². The molecule has 0 aliphatic carbocycles. The van der Waals surface area contributed by atoms with Crippen molar-refractivity contribution >= 4 is 32.2 Å². The van der Waals surface area contributed by atoms with E-state index >= 15 is 0 Å². The zero-order valence-corrected chi connectivity index (χ0v) is 7.54. The van der Waals surface area contributed by atoms with Gasteiger partial charge >= 0.3 is 0 Å². The molecule has 1 nitrogen and oxygen atoms in total. The molecule has 0 spiro atoms. The minimum Gasteiger partial charge on any atom is -0.287 e. The van der Waals surface area contributed by atoms with E-state index in [1.54, 1.807) is 0 Å². The number of carbonyl (C=O) groups excluding carboxylic acids is 1. The van der Waals surface area contributed by atoms with E-state index in [9.17, 15) is 4.79 Å². The van der Waals surface area contributed by atoms with E-state index in [0.717, 1.165) is 19.3 Å². The molecule has 0 saturated carbocycles. The maximum Gasteiger partial charge on any atom is 0.197 e. The van der Waals surface area contributed by atoms with E-state index < -0.39 is 0 Å². The maximum absolute atomic E-state index is 10.3. The van der Waals surface area contributed by atoms with Gasteiger partial charge in [-0.25, -0.2) is 0 Å². The molecule has 0 N–H and O–H groups in total. The van der Waals surface area contributed by atoms with Crippen LogP contribution in [0.15, 0.2) is 0 Å². The van der Waals surface area contributed by atoms with E-state index in [4.69, 9.17) is 11.6 Å². The highest BCUT2D eigenvalue weighted by Crippen LogP contribution is 2.03. The van der Waals surface area contributed by atoms with Gasteiger partial charge in [-0.2, -0.15) is 0 Å². The van der Waals surface area contributed by atoms with Crippen LogP contribution in [0.25, 0.3) is 0 Å².